The second-order valence-corrected chi connectivity index (χ2v) is 13.1. The van der Waals surface area contributed by atoms with E-state index >= 15 is 4.39 Å². The van der Waals surface area contributed by atoms with Crippen molar-refractivity contribution < 1.29 is 28.3 Å². The van der Waals surface area contributed by atoms with Gasteiger partial charge in [0.25, 0.3) is 0 Å². The van der Waals surface area contributed by atoms with E-state index in [0.717, 1.165) is 41.7 Å². The van der Waals surface area contributed by atoms with E-state index in [4.69, 9.17) is 4.74 Å². The molecule has 9 nitrogen and oxygen atoms in total. The van der Waals surface area contributed by atoms with Gasteiger partial charge < -0.3 is 25.6 Å². The SMILES string of the molecule is Cc1ccc2cc1CNC(=O)C(CCc1ccccc1)NC(=O)[C@@H](CC(=O)C1(F)CCNCC1)CC(=O)N1CCCC(CCO2)C1. The van der Waals surface area contributed by atoms with Crippen molar-refractivity contribution >= 4 is 23.5 Å². The molecule has 5 rings (SSSR count). The summed E-state index contributed by atoms with van der Waals surface area (Å²) in [7, 11) is 0. The van der Waals surface area contributed by atoms with Crippen LogP contribution in [0.1, 0.15) is 68.1 Å². The molecule has 3 aliphatic heterocycles. The molecule has 0 aromatic heterocycles. The van der Waals surface area contributed by atoms with Crippen molar-refractivity contribution in [1.82, 2.24) is 20.9 Å². The zero-order chi connectivity index (χ0) is 32.5. The number of piperidine rings is 2. The number of nitrogens with one attached hydrogen (secondary N) is 3. The van der Waals surface area contributed by atoms with Crippen LogP contribution in [0.15, 0.2) is 48.5 Å². The summed E-state index contributed by atoms with van der Waals surface area (Å²) in [6.07, 6.45) is 2.88. The number of ether oxygens (including phenoxy) is 1. The Morgan fingerprint density at radius 2 is 1.83 bits per heavy atom. The minimum Gasteiger partial charge on any atom is -0.494 e. The molecule has 3 N–H and O–H groups in total. The van der Waals surface area contributed by atoms with E-state index in [1.54, 1.807) is 4.90 Å². The third-order valence-electron chi connectivity index (χ3n) is 9.76. The Morgan fingerprint density at radius 3 is 2.61 bits per heavy atom. The van der Waals surface area contributed by atoms with Crippen LogP contribution in [0.3, 0.4) is 0 Å². The lowest BCUT2D eigenvalue weighted by molar-refractivity contribution is -0.142. The van der Waals surface area contributed by atoms with E-state index in [2.05, 4.69) is 16.0 Å². The number of Topliss-reactive ketones (excluding diaryl/α,β-unsaturated/α-hetero) is 1. The molecule has 3 aliphatic rings. The monoisotopic (exact) mass is 634 g/mol. The first-order valence-electron chi connectivity index (χ1n) is 16.8. The predicted molar refractivity (Wildman–Crippen MR) is 173 cm³/mol. The topological polar surface area (TPSA) is 117 Å². The van der Waals surface area contributed by atoms with E-state index in [0.29, 0.717) is 45.6 Å². The Bertz CT molecular complexity index is 1380. The highest BCUT2D eigenvalue weighted by Gasteiger charge is 2.42. The number of amides is 3. The number of hydrogen-bond acceptors (Lipinski definition) is 6. The Kier molecular flexibility index (Phi) is 11.4. The first kappa shape index (κ1) is 33.6. The van der Waals surface area contributed by atoms with Crippen molar-refractivity contribution in [3.05, 3.63) is 65.2 Å². The number of benzene rings is 2. The Balaban J connectivity index is 1.41. The van der Waals surface area contributed by atoms with Gasteiger partial charge in [-0.1, -0.05) is 36.4 Å². The van der Waals surface area contributed by atoms with Crippen LogP contribution in [0.25, 0.3) is 0 Å². The number of halogens is 1. The molecule has 3 heterocycles. The number of carbonyl (C=O) groups excluding carboxylic acids is 4. The average Bonchev–Trinajstić information content (AvgIpc) is 3.06. The maximum Gasteiger partial charge on any atom is 0.242 e. The van der Waals surface area contributed by atoms with Gasteiger partial charge in [-0.2, -0.15) is 0 Å². The first-order chi connectivity index (χ1) is 22.2. The summed E-state index contributed by atoms with van der Waals surface area (Å²) in [6, 6.07) is 14.6. The minimum absolute atomic E-state index is 0.0344. The van der Waals surface area contributed by atoms with E-state index in [1.165, 1.54) is 0 Å². The number of nitrogens with zero attached hydrogens (tertiary/aromatic N) is 1. The van der Waals surface area contributed by atoms with Crippen molar-refractivity contribution in [1.29, 1.82) is 0 Å². The summed E-state index contributed by atoms with van der Waals surface area (Å²) in [6.45, 7) is 4.58. The zero-order valence-electron chi connectivity index (χ0n) is 26.8. The Morgan fingerprint density at radius 1 is 1.04 bits per heavy atom. The summed E-state index contributed by atoms with van der Waals surface area (Å²) < 4.78 is 21.8. The molecule has 0 radical (unpaired) electrons. The molecule has 0 aliphatic carbocycles. The van der Waals surface area contributed by atoms with Crippen LogP contribution in [0.4, 0.5) is 4.39 Å². The van der Waals surface area contributed by atoms with Crippen LogP contribution in [0.5, 0.6) is 5.75 Å². The molecule has 4 bridgehead atoms. The van der Waals surface area contributed by atoms with Crippen molar-refractivity contribution in [2.45, 2.75) is 83.0 Å². The van der Waals surface area contributed by atoms with E-state index in [-0.39, 0.29) is 43.5 Å². The summed E-state index contributed by atoms with van der Waals surface area (Å²) in [5.41, 5.74) is 0.891. The van der Waals surface area contributed by atoms with Crippen LogP contribution in [-0.2, 0) is 32.1 Å². The fourth-order valence-corrected chi connectivity index (χ4v) is 6.72. The molecule has 0 saturated carbocycles. The lowest BCUT2D eigenvalue weighted by Gasteiger charge is -2.34. The van der Waals surface area contributed by atoms with Gasteiger partial charge in [0, 0.05) is 45.3 Å². The Hall–Kier alpha value is -3.79. The van der Waals surface area contributed by atoms with Crippen LogP contribution < -0.4 is 20.7 Å². The summed E-state index contributed by atoms with van der Waals surface area (Å²) >= 11 is 0. The van der Waals surface area contributed by atoms with Crippen molar-refractivity contribution in [3.8, 4) is 5.75 Å². The first-order valence-corrected chi connectivity index (χ1v) is 16.8. The van der Waals surface area contributed by atoms with Crippen molar-refractivity contribution in [2.24, 2.45) is 11.8 Å². The second kappa shape index (κ2) is 15.7. The number of aryl methyl sites for hydroxylation is 2. The number of rotatable bonds is 6. The van der Waals surface area contributed by atoms with Crippen LogP contribution in [0, 0.1) is 18.8 Å². The maximum absolute atomic E-state index is 15.7. The van der Waals surface area contributed by atoms with Gasteiger partial charge in [0.1, 0.15) is 11.8 Å². The summed E-state index contributed by atoms with van der Waals surface area (Å²) in [4.78, 5) is 56.4. The molecule has 2 saturated heterocycles. The van der Waals surface area contributed by atoms with Gasteiger partial charge >= 0.3 is 0 Å². The van der Waals surface area contributed by atoms with Gasteiger partial charge in [-0.15, -0.1) is 0 Å². The van der Waals surface area contributed by atoms with Gasteiger partial charge in [0.15, 0.2) is 11.5 Å². The van der Waals surface area contributed by atoms with Crippen LogP contribution in [-0.4, -0.2) is 72.9 Å². The number of carbonyl (C=O) groups is 4. The molecule has 3 atom stereocenters. The maximum atomic E-state index is 15.7. The number of ketones is 1. The molecule has 0 spiro atoms. The van der Waals surface area contributed by atoms with Gasteiger partial charge in [0.05, 0.1) is 12.5 Å². The fraction of sp³-hybridized carbons (Fsp3) is 0.556. The second-order valence-electron chi connectivity index (χ2n) is 13.1. The number of fused-ring (bicyclic) bond motifs is 4. The molecule has 10 heteroatoms. The van der Waals surface area contributed by atoms with Crippen LogP contribution in [0.2, 0.25) is 0 Å². The average molecular weight is 635 g/mol. The molecule has 248 valence electrons. The molecule has 2 aromatic carbocycles. The smallest absolute Gasteiger partial charge is 0.242 e. The fourth-order valence-electron chi connectivity index (χ4n) is 6.72. The zero-order valence-corrected chi connectivity index (χ0v) is 26.8. The highest BCUT2D eigenvalue weighted by molar-refractivity contribution is 5.95. The molecule has 2 aromatic rings. The highest BCUT2D eigenvalue weighted by atomic mass is 19.1. The van der Waals surface area contributed by atoms with Crippen LogP contribution >= 0.6 is 0 Å². The highest BCUT2D eigenvalue weighted by Crippen LogP contribution is 2.29. The molecule has 3 amide bonds. The molecular formula is C36H47FN4O5. The summed E-state index contributed by atoms with van der Waals surface area (Å²) in [5.74, 6) is -1.94. The van der Waals surface area contributed by atoms with E-state index in [9.17, 15) is 19.2 Å². The number of hydrogen-bond donors (Lipinski definition) is 3. The molecule has 2 unspecified atom stereocenters. The standard InChI is InChI=1S/C36H47FN4O5/c1-25-9-11-30-20-29(25)23-39-35(45)31(12-10-26-6-3-2-4-7-26)40-34(44)28(21-32(42)36(37)14-16-38-17-15-36)22-33(43)41-18-5-8-27(24-41)13-19-46-30/h2-4,6-7,9,11,20,27-28,31,38H,5,8,10,12-19,21-24H2,1H3,(H,39,45)(H,40,44)/t27?,28-,31?/m0/s1. The third kappa shape index (κ3) is 8.93. The van der Waals surface area contributed by atoms with Gasteiger partial charge in [-0.25, -0.2) is 4.39 Å². The number of alkyl halides is 1. The van der Waals surface area contributed by atoms with Crippen molar-refractivity contribution in [3.63, 3.8) is 0 Å². The lowest BCUT2D eigenvalue weighted by Crippen LogP contribution is -2.51. The normalized spacial score (nSPS) is 24.5. The molecular weight excluding hydrogens is 587 g/mol. The minimum atomic E-state index is -2.03. The predicted octanol–water partition coefficient (Wildman–Crippen LogP) is 3.81. The van der Waals surface area contributed by atoms with E-state index < -0.39 is 35.7 Å². The van der Waals surface area contributed by atoms with Gasteiger partial charge in [-0.3, -0.25) is 19.2 Å². The van der Waals surface area contributed by atoms with Crippen molar-refractivity contribution in [2.75, 3.05) is 32.8 Å². The molecule has 2 fully saturated rings. The lowest BCUT2D eigenvalue weighted by atomic mass is 9.83. The third-order valence-corrected chi connectivity index (χ3v) is 9.76. The quantitative estimate of drug-likeness (QED) is 0.445. The van der Waals surface area contributed by atoms with Gasteiger partial charge in [-0.05, 0) is 86.9 Å². The molecule has 46 heavy (non-hydrogen) atoms. The largest absolute Gasteiger partial charge is 0.494 e. The summed E-state index contributed by atoms with van der Waals surface area (Å²) in [5, 5.41) is 8.93. The Labute approximate surface area is 271 Å². The van der Waals surface area contributed by atoms with Gasteiger partial charge in [0.2, 0.25) is 17.7 Å². The van der Waals surface area contributed by atoms with E-state index in [1.807, 2.05) is 55.5 Å².